The topological polar surface area (TPSA) is 47.6 Å². The van der Waals surface area contributed by atoms with Crippen molar-refractivity contribution in [1.82, 2.24) is 0 Å². The van der Waals surface area contributed by atoms with Crippen LogP contribution in [0.5, 0.6) is 5.75 Å². The van der Waals surface area contributed by atoms with Crippen molar-refractivity contribution in [2.45, 2.75) is 46.3 Å². The van der Waals surface area contributed by atoms with Crippen LogP contribution in [0.25, 0.3) is 10.8 Å². The quantitative estimate of drug-likeness (QED) is 0.860. The van der Waals surface area contributed by atoms with E-state index in [9.17, 15) is 4.79 Å². The first-order valence-electron chi connectivity index (χ1n) is 7.99. The Balaban J connectivity index is 2.37. The number of hydrogen-bond acceptors (Lipinski definition) is 3. The number of carbonyl (C=O) groups excluding carboxylic acids is 1. The van der Waals surface area contributed by atoms with Crippen LogP contribution in [0.2, 0.25) is 0 Å². The minimum Gasteiger partial charge on any atom is -0.490 e. The Morgan fingerprint density at radius 1 is 1.13 bits per heavy atom. The van der Waals surface area contributed by atoms with Crippen molar-refractivity contribution in [3.63, 3.8) is 0 Å². The molecule has 0 fully saturated rings. The van der Waals surface area contributed by atoms with E-state index in [4.69, 9.17) is 9.47 Å². The maximum atomic E-state index is 12.5. The number of anilines is 1. The van der Waals surface area contributed by atoms with Gasteiger partial charge in [0.25, 0.3) is 5.91 Å². The SMILES string of the molecule is CCOC(C)(C)C(=O)Nc1ccc(OC(C)C)c2ccccc12. The number of carbonyl (C=O) groups is 1. The van der Waals surface area contributed by atoms with Crippen LogP contribution in [-0.2, 0) is 9.53 Å². The fourth-order valence-corrected chi connectivity index (χ4v) is 2.44. The summed E-state index contributed by atoms with van der Waals surface area (Å²) in [5.41, 5.74) is -0.113. The van der Waals surface area contributed by atoms with Crippen LogP contribution in [-0.4, -0.2) is 24.2 Å². The lowest BCUT2D eigenvalue weighted by Crippen LogP contribution is -2.39. The molecule has 2 aromatic carbocycles. The maximum Gasteiger partial charge on any atom is 0.256 e. The minimum atomic E-state index is -0.872. The smallest absolute Gasteiger partial charge is 0.256 e. The Labute approximate surface area is 137 Å². The molecule has 0 aliphatic rings. The Hall–Kier alpha value is -2.07. The standard InChI is InChI=1S/C19H25NO3/c1-6-22-19(4,5)18(21)20-16-11-12-17(23-13(2)3)15-10-8-7-9-14(15)16/h7-13H,6H2,1-5H3,(H,20,21). The first-order valence-corrected chi connectivity index (χ1v) is 7.99. The van der Waals surface area contributed by atoms with Gasteiger partial charge in [0.2, 0.25) is 0 Å². The maximum absolute atomic E-state index is 12.5. The molecule has 0 saturated carbocycles. The molecule has 0 aromatic heterocycles. The van der Waals surface area contributed by atoms with E-state index in [1.165, 1.54) is 0 Å². The van der Waals surface area contributed by atoms with Crippen LogP contribution in [0.1, 0.15) is 34.6 Å². The zero-order valence-corrected chi connectivity index (χ0v) is 14.5. The van der Waals surface area contributed by atoms with Crippen molar-refractivity contribution < 1.29 is 14.3 Å². The highest BCUT2D eigenvalue weighted by atomic mass is 16.5. The summed E-state index contributed by atoms with van der Waals surface area (Å²) in [4.78, 5) is 12.5. The molecule has 4 nitrogen and oxygen atoms in total. The highest BCUT2D eigenvalue weighted by molar-refractivity contribution is 6.06. The van der Waals surface area contributed by atoms with E-state index in [0.29, 0.717) is 6.61 Å². The van der Waals surface area contributed by atoms with Gasteiger partial charge in [0.15, 0.2) is 0 Å². The summed E-state index contributed by atoms with van der Waals surface area (Å²) in [6.45, 7) is 9.89. The van der Waals surface area contributed by atoms with Crippen molar-refractivity contribution in [1.29, 1.82) is 0 Å². The van der Waals surface area contributed by atoms with E-state index in [1.54, 1.807) is 13.8 Å². The molecule has 0 heterocycles. The summed E-state index contributed by atoms with van der Waals surface area (Å²) in [5, 5.41) is 4.90. The number of rotatable bonds is 6. The van der Waals surface area contributed by atoms with Gasteiger partial charge in [-0.3, -0.25) is 4.79 Å². The molecule has 0 saturated heterocycles. The average molecular weight is 315 g/mol. The fourth-order valence-electron chi connectivity index (χ4n) is 2.44. The molecule has 0 aliphatic heterocycles. The second kappa shape index (κ2) is 7.01. The monoisotopic (exact) mass is 315 g/mol. The number of hydrogen-bond donors (Lipinski definition) is 1. The van der Waals surface area contributed by atoms with Crippen LogP contribution in [0.4, 0.5) is 5.69 Å². The van der Waals surface area contributed by atoms with Crippen LogP contribution >= 0.6 is 0 Å². The van der Waals surface area contributed by atoms with Gasteiger partial charge in [-0.25, -0.2) is 0 Å². The van der Waals surface area contributed by atoms with E-state index < -0.39 is 5.60 Å². The molecular weight excluding hydrogens is 290 g/mol. The molecule has 0 bridgehead atoms. The first kappa shape index (κ1) is 17.3. The number of nitrogens with one attached hydrogen (secondary N) is 1. The molecule has 0 atom stereocenters. The average Bonchev–Trinajstić information content (AvgIpc) is 2.49. The second-order valence-corrected chi connectivity index (χ2v) is 6.22. The Kier molecular flexibility index (Phi) is 5.26. The van der Waals surface area contributed by atoms with Crippen molar-refractivity contribution in [2.24, 2.45) is 0 Å². The molecule has 1 amide bonds. The molecule has 124 valence electrons. The zero-order chi connectivity index (χ0) is 17.0. The minimum absolute atomic E-state index is 0.0933. The van der Waals surface area contributed by atoms with Crippen molar-refractivity contribution in [3.05, 3.63) is 36.4 Å². The third-order valence-electron chi connectivity index (χ3n) is 3.55. The van der Waals surface area contributed by atoms with Gasteiger partial charge in [-0.1, -0.05) is 24.3 Å². The van der Waals surface area contributed by atoms with E-state index in [-0.39, 0.29) is 12.0 Å². The van der Waals surface area contributed by atoms with Gasteiger partial charge in [-0.15, -0.1) is 0 Å². The van der Waals surface area contributed by atoms with Gasteiger partial charge in [-0.2, -0.15) is 0 Å². The Bertz CT molecular complexity index is 692. The molecule has 23 heavy (non-hydrogen) atoms. The molecule has 2 rings (SSSR count). The highest BCUT2D eigenvalue weighted by Gasteiger charge is 2.28. The largest absolute Gasteiger partial charge is 0.490 e. The number of fused-ring (bicyclic) bond motifs is 1. The summed E-state index contributed by atoms with van der Waals surface area (Å²) < 4.78 is 11.4. The van der Waals surface area contributed by atoms with E-state index in [1.807, 2.05) is 57.2 Å². The van der Waals surface area contributed by atoms with Crippen molar-refractivity contribution in [2.75, 3.05) is 11.9 Å². The van der Waals surface area contributed by atoms with E-state index in [2.05, 4.69) is 5.32 Å². The third kappa shape index (κ3) is 4.02. The lowest BCUT2D eigenvalue weighted by atomic mass is 10.1. The fraction of sp³-hybridized carbons (Fsp3) is 0.421. The summed E-state index contributed by atoms with van der Waals surface area (Å²) in [5.74, 6) is 0.652. The summed E-state index contributed by atoms with van der Waals surface area (Å²) in [7, 11) is 0. The highest BCUT2D eigenvalue weighted by Crippen LogP contribution is 2.32. The third-order valence-corrected chi connectivity index (χ3v) is 3.55. The lowest BCUT2D eigenvalue weighted by Gasteiger charge is -2.24. The molecule has 4 heteroatoms. The van der Waals surface area contributed by atoms with E-state index in [0.717, 1.165) is 22.2 Å². The van der Waals surface area contributed by atoms with Crippen LogP contribution in [0.3, 0.4) is 0 Å². The van der Waals surface area contributed by atoms with Gasteiger partial charge in [-0.05, 0) is 46.8 Å². The summed E-state index contributed by atoms with van der Waals surface area (Å²) in [6.07, 6.45) is 0.0933. The lowest BCUT2D eigenvalue weighted by molar-refractivity contribution is -0.136. The van der Waals surface area contributed by atoms with Crippen LogP contribution in [0.15, 0.2) is 36.4 Å². The molecule has 1 N–H and O–H groups in total. The van der Waals surface area contributed by atoms with Gasteiger partial charge in [0.1, 0.15) is 11.4 Å². The number of ether oxygens (including phenoxy) is 2. The zero-order valence-electron chi connectivity index (χ0n) is 14.5. The van der Waals surface area contributed by atoms with Crippen molar-refractivity contribution >= 4 is 22.4 Å². The normalized spacial score (nSPS) is 11.7. The van der Waals surface area contributed by atoms with Gasteiger partial charge < -0.3 is 14.8 Å². The van der Waals surface area contributed by atoms with E-state index >= 15 is 0 Å². The summed E-state index contributed by atoms with van der Waals surface area (Å²) >= 11 is 0. The van der Waals surface area contributed by atoms with Crippen LogP contribution in [0, 0.1) is 0 Å². The second-order valence-electron chi connectivity index (χ2n) is 6.22. The summed E-state index contributed by atoms with van der Waals surface area (Å²) in [6, 6.07) is 11.7. The molecule has 0 unspecified atom stereocenters. The molecule has 0 aliphatic carbocycles. The van der Waals surface area contributed by atoms with Crippen molar-refractivity contribution in [3.8, 4) is 5.75 Å². The molecule has 2 aromatic rings. The number of amides is 1. The molecular formula is C19H25NO3. The Morgan fingerprint density at radius 2 is 1.78 bits per heavy atom. The molecule has 0 spiro atoms. The van der Waals surface area contributed by atoms with Gasteiger partial charge >= 0.3 is 0 Å². The first-order chi connectivity index (χ1) is 10.8. The predicted octanol–water partition coefficient (Wildman–Crippen LogP) is 4.38. The number of benzene rings is 2. The van der Waals surface area contributed by atoms with Gasteiger partial charge in [0.05, 0.1) is 6.10 Å². The Morgan fingerprint density at radius 3 is 2.39 bits per heavy atom. The molecule has 0 radical (unpaired) electrons. The predicted molar refractivity (Wildman–Crippen MR) is 94.0 cm³/mol. The van der Waals surface area contributed by atoms with Gasteiger partial charge in [0, 0.05) is 23.1 Å². The van der Waals surface area contributed by atoms with Crippen LogP contribution < -0.4 is 10.1 Å².